The third-order valence-corrected chi connectivity index (χ3v) is 5.38. The first-order valence-corrected chi connectivity index (χ1v) is 9.28. The van der Waals surface area contributed by atoms with Crippen LogP contribution in [0.4, 0.5) is 0 Å². The topological polar surface area (TPSA) is 50.7 Å². The number of rotatable bonds is 5. The molecule has 1 aromatic rings. The van der Waals surface area contributed by atoms with Gasteiger partial charge in [-0.3, -0.25) is 4.79 Å². The summed E-state index contributed by atoms with van der Waals surface area (Å²) >= 11 is 0. The number of carbonyl (C=O) groups is 1. The smallest absolute Gasteiger partial charge is 0.243 e. The summed E-state index contributed by atoms with van der Waals surface area (Å²) in [5.74, 6) is 2.36. The van der Waals surface area contributed by atoms with Crippen molar-refractivity contribution < 1.29 is 9.53 Å². The van der Waals surface area contributed by atoms with Crippen LogP contribution in [0.5, 0.6) is 5.75 Å². The molecule has 1 amide bonds. The first-order valence-electron chi connectivity index (χ1n) is 9.28. The second-order valence-electron chi connectivity index (χ2n) is 6.98. The molecule has 4 nitrogen and oxygen atoms in total. The second kappa shape index (κ2) is 7.82. The third-order valence-electron chi connectivity index (χ3n) is 5.38. The molecule has 0 spiro atoms. The summed E-state index contributed by atoms with van der Waals surface area (Å²) in [6, 6.07) is 7.81. The van der Waals surface area contributed by atoms with Crippen molar-refractivity contribution in [2.45, 2.75) is 52.4 Å². The Bertz CT molecular complexity index is 580. The fourth-order valence-electron chi connectivity index (χ4n) is 3.97. The van der Waals surface area contributed by atoms with Crippen LogP contribution in [0.25, 0.3) is 0 Å². The zero-order valence-corrected chi connectivity index (χ0v) is 14.8. The van der Waals surface area contributed by atoms with Crippen LogP contribution in [-0.2, 0) is 4.79 Å². The van der Waals surface area contributed by atoms with E-state index >= 15 is 0 Å². The highest BCUT2D eigenvalue weighted by Crippen LogP contribution is 2.53. The van der Waals surface area contributed by atoms with Crippen LogP contribution in [0.3, 0.4) is 0 Å². The van der Waals surface area contributed by atoms with Crippen molar-refractivity contribution in [3.8, 4) is 5.75 Å². The van der Waals surface area contributed by atoms with Gasteiger partial charge in [0.2, 0.25) is 5.91 Å². The van der Waals surface area contributed by atoms with Gasteiger partial charge in [-0.2, -0.15) is 5.10 Å². The molecule has 0 heterocycles. The number of nitrogens with one attached hydrogen (secondary N) is 1. The van der Waals surface area contributed by atoms with Crippen molar-refractivity contribution in [1.29, 1.82) is 0 Å². The van der Waals surface area contributed by atoms with E-state index in [1.807, 2.05) is 38.1 Å². The van der Waals surface area contributed by atoms with Crippen molar-refractivity contribution in [3.63, 3.8) is 0 Å². The molecule has 1 N–H and O–H groups in total. The summed E-state index contributed by atoms with van der Waals surface area (Å²) in [6.07, 6.45) is 7.63. The molecule has 0 unspecified atom stereocenters. The van der Waals surface area contributed by atoms with Gasteiger partial charge in [-0.1, -0.05) is 25.7 Å². The van der Waals surface area contributed by atoms with Crippen LogP contribution in [-0.4, -0.2) is 18.2 Å². The fraction of sp³-hybridized carbons (Fsp3) is 0.600. The van der Waals surface area contributed by atoms with Crippen LogP contribution in [0.1, 0.15) is 57.9 Å². The van der Waals surface area contributed by atoms with Gasteiger partial charge in [0.05, 0.1) is 12.3 Å². The summed E-state index contributed by atoms with van der Waals surface area (Å²) in [4.78, 5) is 12.4. The lowest BCUT2D eigenvalue weighted by Crippen LogP contribution is -2.22. The number of ether oxygens (including phenoxy) is 1. The number of amides is 1. The Kier molecular flexibility index (Phi) is 5.54. The number of carbonyl (C=O) groups excluding carboxylic acids is 1. The molecule has 0 radical (unpaired) electrons. The largest absolute Gasteiger partial charge is 0.494 e. The van der Waals surface area contributed by atoms with E-state index in [0.717, 1.165) is 17.0 Å². The summed E-state index contributed by atoms with van der Waals surface area (Å²) in [5.41, 5.74) is 4.62. The predicted molar refractivity (Wildman–Crippen MR) is 96.1 cm³/mol. The van der Waals surface area contributed by atoms with Gasteiger partial charge in [0.15, 0.2) is 0 Å². The van der Waals surface area contributed by atoms with E-state index in [1.165, 1.54) is 38.5 Å². The number of benzene rings is 1. The predicted octanol–water partition coefficient (Wildman–Crippen LogP) is 4.14. The van der Waals surface area contributed by atoms with E-state index in [2.05, 4.69) is 10.5 Å². The molecule has 0 bridgehead atoms. The number of hydrogen-bond acceptors (Lipinski definition) is 3. The molecule has 2 aliphatic carbocycles. The first-order chi connectivity index (χ1) is 11.7. The Labute approximate surface area is 144 Å². The normalized spacial score (nSPS) is 26.8. The molecule has 2 fully saturated rings. The Morgan fingerprint density at radius 3 is 2.33 bits per heavy atom. The average Bonchev–Trinajstić information content (AvgIpc) is 3.24. The molecule has 0 aliphatic heterocycles. The molecule has 2 saturated carbocycles. The molecule has 0 aromatic heterocycles. The first kappa shape index (κ1) is 17.0. The second-order valence-corrected chi connectivity index (χ2v) is 6.98. The van der Waals surface area contributed by atoms with Gasteiger partial charge in [0, 0.05) is 5.92 Å². The van der Waals surface area contributed by atoms with Crippen molar-refractivity contribution in [2.75, 3.05) is 6.61 Å². The molecule has 4 heteroatoms. The van der Waals surface area contributed by atoms with Gasteiger partial charge >= 0.3 is 0 Å². The lowest BCUT2D eigenvalue weighted by molar-refractivity contribution is -0.122. The van der Waals surface area contributed by atoms with Crippen LogP contribution in [0.2, 0.25) is 0 Å². The minimum absolute atomic E-state index is 0.109. The van der Waals surface area contributed by atoms with Gasteiger partial charge in [-0.25, -0.2) is 5.43 Å². The van der Waals surface area contributed by atoms with Crippen LogP contribution in [0, 0.1) is 17.8 Å². The zero-order valence-electron chi connectivity index (χ0n) is 14.8. The van der Waals surface area contributed by atoms with Crippen LogP contribution >= 0.6 is 0 Å². The van der Waals surface area contributed by atoms with Gasteiger partial charge in [0.25, 0.3) is 0 Å². The van der Waals surface area contributed by atoms with Gasteiger partial charge in [-0.15, -0.1) is 0 Å². The Balaban J connectivity index is 1.55. The fourth-order valence-corrected chi connectivity index (χ4v) is 3.97. The molecule has 130 valence electrons. The Morgan fingerprint density at radius 2 is 1.75 bits per heavy atom. The Morgan fingerprint density at radius 1 is 1.12 bits per heavy atom. The highest BCUT2D eigenvalue weighted by molar-refractivity contribution is 5.99. The maximum absolute atomic E-state index is 12.4. The SMILES string of the molecule is CCOc1ccc(C(C)=NNC(=O)C2[C@H]3CCCCCC[C@H]23)cc1. The lowest BCUT2D eigenvalue weighted by Gasteiger charge is -2.05. The summed E-state index contributed by atoms with van der Waals surface area (Å²) in [7, 11) is 0. The monoisotopic (exact) mass is 328 g/mol. The Hall–Kier alpha value is -1.84. The number of fused-ring (bicyclic) bond motifs is 1. The molecular formula is C20H28N2O2. The summed E-state index contributed by atoms with van der Waals surface area (Å²) in [6.45, 7) is 4.55. The maximum atomic E-state index is 12.4. The summed E-state index contributed by atoms with van der Waals surface area (Å²) in [5, 5.41) is 4.31. The van der Waals surface area contributed by atoms with Gasteiger partial charge in [-0.05, 0) is 68.4 Å². The highest BCUT2D eigenvalue weighted by atomic mass is 16.5. The number of hydrazone groups is 1. The van der Waals surface area contributed by atoms with E-state index in [0.29, 0.717) is 18.4 Å². The van der Waals surface area contributed by atoms with Crippen molar-refractivity contribution in [3.05, 3.63) is 29.8 Å². The summed E-state index contributed by atoms with van der Waals surface area (Å²) < 4.78 is 5.44. The molecule has 24 heavy (non-hydrogen) atoms. The molecule has 0 saturated heterocycles. The van der Waals surface area contributed by atoms with E-state index < -0.39 is 0 Å². The van der Waals surface area contributed by atoms with Crippen LogP contribution in [0.15, 0.2) is 29.4 Å². The van der Waals surface area contributed by atoms with Gasteiger partial charge < -0.3 is 4.74 Å². The van der Waals surface area contributed by atoms with E-state index in [-0.39, 0.29) is 11.8 Å². The van der Waals surface area contributed by atoms with Crippen molar-refractivity contribution in [2.24, 2.45) is 22.9 Å². The lowest BCUT2D eigenvalue weighted by atomic mass is 10.0. The molecular weight excluding hydrogens is 300 g/mol. The molecule has 3 rings (SSSR count). The number of hydrogen-bond donors (Lipinski definition) is 1. The minimum Gasteiger partial charge on any atom is -0.494 e. The third kappa shape index (κ3) is 3.97. The standard InChI is InChI=1S/C20H28N2O2/c1-3-24-16-12-10-15(11-13-16)14(2)21-22-20(23)19-17-8-6-4-5-7-9-18(17)19/h10-13,17-19H,3-9H2,1-2H3,(H,22,23)/t17-,18-/m0/s1. The average molecular weight is 328 g/mol. The highest BCUT2D eigenvalue weighted by Gasteiger charge is 2.53. The van der Waals surface area contributed by atoms with Crippen molar-refractivity contribution >= 4 is 11.6 Å². The van der Waals surface area contributed by atoms with E-state index in [1.54, 1.807) is 0 Å². The molecule has 2 atom stereocenters. The minimum atomic E-state index is 0.109. The maximum Gasteiger partial charge on any atom is 0.243 e. The van der Waals surface area contributed by atoms with Crippen molar-refractivity contribution in [1.82, 2.24) is 5.43 Å². The molecule has 1 aromatic carbocycles. The van der Waals surface area contributed by atoms with Gasteiger partial charge in [0.1, 0.15) is 5.75 Å². The van der Waals surface area contributed by atoms with Crippen LogP contribution < -0.4 is 10.2 Å². The van der Waals surface area contributed by atoms with E-state index in [4.69, 9.17) is 4.74 Å². The zero-order chi connectivity index (χ0) is 16.9. The number of nitrogens with zero attached hydrogens (tertiary/aromatic N) is 1. The van der Waals surface area contributed by atoms with E-state index in [9.17, 15) is 4.79 Å². The quantitative estimate of drug-likeness (QED) is 0.652. The molecule has 2 aliphatic rings.